The molecule has 1 aromatic rings. The summed E-state index contributed by atoms with van der Waals surface area (Å²) in [5.41, 5.74) is -1.86. The topological polar surface area (TPSA) is 40.5 Å². The van der Waals surface area contributed by atoms with Crippen molar-refractivity contribution in [2.24, 2.45) is 0 Å². The molecule has 16 heavy (non-hydrogen) atoms. The first-order chi connectivity index (χ1) is 7.25. The predicted octanol–water partition coefficient (Wildman–Crippen LogP) is 2.11. The van der Waals surface area contributed by atoms with Gasteiger partial charge in [0.15, 0.2) is 0 Å². The molecule has 1 rings (SSSR count). The van der Waals surface area contributed by atoms with Crippen molar-refractivity contribution in [3.8, 4) is 5.75 Å². The summed E-state index contributed by atoms with van der Waals surface area (Å²) in [5.74, 6) is -1.56. The lowest BCUT2D eigenvalue weighted by Gasteiger charge is -2.16. The third kappa shape index (κ3) is 2.26. The number of hydrogen-bond donors (Lipinski definition) is 1. The van der Waals surface area contributed by atoms with Crippen molar-refractivity contribution in [1.29, 1.82) is 0 Å². The van der Waals surface area contributed by atoms with E-state index in [4.69, 9.17) is 0 Å². The Morgan fingerprint density at radius 3 is 2.31 bits per heavy atom. The Morgan fingerprint density at radius 2 is 1.88 bits per heavy atom. The van der Waals surface area contributed by atoms with Crippen LogP contribution in [0.25, 0.3) is 0 Å². The number of amides is 1. The van der Waals surface area contributed by atoms with Gasteiger partial charge in [0.05, 0.1) is 11.1 Å². The van der Waals surface area contributed by atoms with Gasteiger partial charge in [-0.1, -0.05) is 6.07 Å². The third-order valence-electron chi connectivity index (χ3n) is 1.97. The number of rotatable bonds is 1. The van der Waals surface area contributed by atoms with Gasteiger partial charge in [0.25, 0.3) is 5.91 Å². The van der Waals surface area contributed by atoms with E-state index in [1.54, 1.807) is 0 Å². The van der Waals surface area contributed by atoms with Gasteiger partial charge in [0.2, 0.25) is 0 Å². The molecule has 0 unspecified atom stereocenters. The van der Waals surface area contributed by atoms with Crippen molar-refractivity contribution in [1.82, 2.24) is 4.90 Å². The summed E-state index contributed by atoms with van der Waals surface area (Å²) in [6.45, 7) is 0. The second-order valence-corrected chi connectivity index (χ2v) is 3.40. The predicted molar refractivity (Wildman–Crippen MR) is 51.1 cm³/mol. The summed E-state index contributed by atoms with van der Waals surface area (Å²) in [6.07, 6.45) is -4.67. The number of benzene rings is 1. The molecule has 0 aromatic heterocycles. The van der Waals surface area contributed by atoms with E-state index in [2.05, 4.69) is 0 Å². The highest BCUT2D eigenvalue weighted by atomic mass is 19.4. The molecule has 0 atom stereocenters. The van der Waals surface area contributed by atoms with Crippen molar-refractivity contribution < 1.29 is 23.1 Å². The van der Waals surface area contributed by atoms with Crippen LogP contribution in [0.2, 0.25) is 0 Å². The highest BCUT2D eigenvalue weighted by molar-refractivity contribution is 5.98. The summed E-state index contributed by atoms with van der Waals surface area (Å²) in [4.78, 5) is 12.5. The van der Waals surface area contributed by atoms with Crippen molar-refractivity contribution in [3.63, 3.8) is 0 Å². The lowest BCUT2D eigenvalue weighted by Crippen LogP contribution is -2.25. The smallest absolute Gasteiger partial charge is 0.417 e. The first kappa shape index (κ1) is 12.4. The van der Waals surface area contributed by atoms with Gasteiger partial charge in [-0.2, -0.15) is 13.2 Å². The summed E-state index contributed by atoms with van der Waals surface area (Å²) in [5, 5.41) is 9.33. The zero-order valence-corrected chi connectivity index (χ0v) is 8.67. The number of carbonyl (C=O) groups is 1. The lowest BCUT2D eigenvalue weighted by molar-refractivity contribution is -0.138. The van der Waals surface area contributed by atoms with Crippen LogP contribution in [0.1, 0.15) is 15.9 Å². The molecule has 1 amide bonds. The molecule has 0 spiro atoms. The van der Waals surface area contributed by atoms with Crippen molar-refractivity contribution >= 4 is 5.91 Å². The Bertz CT molecular complexity index is 413. The fraction of sp³-hybridized carbons (Fsp3) is 0.300. The number of phenols is 1. The summed E-state index contributed by atoms with van der Waals surface area (Å²) < 4.78 is 37.7. The molecule has 0 aliphatic carbocycles. The molecule has 1 aromatic carbocycles. The van der Waals surface area contributed by atoms with Crippen LogP contribution in [-0.4, -0.2) is 30.0 Å². The zero-order valence-electron chi connectivity index (χ0n) is 8.67. The fourth-order valence-corrected chi connectivity index (χ4v) is 1.22. The first-order valence-electron chi connectivity index (χ1n) is 4.36. The van der Waals surface area contributed by atoms with E-state index in [0.29, 0.717) is 0 Å². The quantitative estimate of drug-likeness (QED) is 0.807. The highest BCUT2D eigenvalue weighted by Gasteiger charge is 2.36. The van der Waals surface area contributed by atoms with Crippen LogP contribution < -0.4 is 0 Å². The van der Waals surface area contributed by atoms with Gasteiger partial charge in [0.1, 0.15) is 5.75 Å². The van der Waals surface area contributed by atoms with Crippen LogP contribution in [0.5, 0.6) is 5.75 Å². The maximum absolute atomic E-state index is 12.6. The Hall–Kier alpha value is -1.72. The fourth-order valence-electron chi connectivity index (χ4n) is 1.22. The second-order valence-electron chi connectivity index (χ2n) is 3.40. The standard InChI is InChI=1S/C10H10F3NO2/c1-14(2)9(16)8-6(10(11,12)13)4-3-5-7(8)15/h3-5,15H,1-2H3. The molecule has 0 radical (unpaired) electrons. The number of nitrogens with zero attached hydrogens (tertiary/aromatic N) is 1. The highest BCUT2D eigenvalue weighted by Crippen LogP contribution is 2.35. The van der Waals surface area contributed by atoms with E-state index in [1.807, 2.05) is 0 Å². The molecule has 0 aliphatic rings. The molecule has 0 fully saturated rings. The summed E-state index contributed by atoms with van der Waals surface area (Å²) in [6, 6.07) is 2.85. The molecule has 0 saturated carbocycles. The van der Waals surface area contributed by atoms with Crippen molar-refractivity contribution in [3.05, 3.63) is 29.3 Å². The number of alkyl halides is 3. The SMILES string of the molecule is CN(C)C(=O)c1c(O)cccc1C(F)(F)F. The maximum atomic E-state index is 12.6. The Labute approximate surface area is 90.1 Å². The minimum absolute atomic E-state index is 0.673. The Morgan fingerprint density at radius 1 is 1.31 bits per heavy atom. The van der Waals surface area contributed by atoms with E-state index in [-0.39, 0.29) is 0 Å². The lowest BCUT2D eigenvalue weighted by atomic mass is 10.0. The van der Waals surface area contributed by atoms with Crippen molar-refractivity contribution in [2.75, 3.05) is 14.1 Å². The Balaban J connectivity index is 3.41. The number of hydrogen-bond acceptors (Lipinski definition) is 2. The van der Waals surface area contributed by atoms with Gasteiger partial charge in [-0.3, -0.25) is 4.79 Å². The average molecular weight is 233 g/mol. The molecule has 0 aliphatic heterocycles. The van der Waals surface area contributed by atoms with Crippen LogP contribution in [0.15, 0.2) is 18.2 Å². The van der Waals surface area contributed by atoms with Gasteiger partial charge < -0.3 is 10.0 Å². The molecule has 0 saturated heterocycles. The monoisotopic (exact) mass is 233 g/mol. The first-order valence-corrected chi connectivity index (χ1v) is 4.36. The van der Waals surface area contributed by atoms with Crippen LogP contribution >= 0.6 is 0 Å². The van der Waals surface area contributed by atoms with E-state index in [1.165, 1.54) is 14.1 Å². The average Bonchev–Trinajstić information content (AvgIpc) is 2.14. The van der Waals surface area contributed by atoms with Gasteiger partial charge in [0, 0.05) is 14.1 Å². The van der Waals surface area contributed by atoms with Crippen LogP contribution in [-0.2, 0) is 6.18 Å². The number of phenolic OH excluding ortho intramolecular Hbond substituents is 1. The largest absolute Gasteiger partial charge is 0.507 e. The normalized spacial score (nSPS) is 11.3. The van der Waals surface area contributed by atoms with Gasteiger partial charge in [-0.05, 0) is 12.1 Å². The molecule has 6 heteroatoms. The van der Waals surface area contributed by atoms with Gasteiger partial charge in [-0.15, -0.1) is 0 Å². The molecular formula is C10H10F3NO2. The Kier molecular flexibility index (Phi) is 3.11. The molecule has 0 heterocycles. The molecule has 1 N–H and O–H groups in total. The van der Waals surface area contributed by atoms with Crippen LogP contribution in [0.4, 0.5) is 13.2 Å². The van der Waals surface area contributed by atoms with Gasteiger partial charge >= 0.3 is 6.18 Å². The maximum Gasteiger partial charge on any atom is 0.417 e. The number of aromatic hydroxyl groups is 1. The molecule has 88 valence electrons. The van der Waals surface area contributed by atoms with E-state index < -0.39 is 29.0 Å². The molecular weight excluding hydrogens is 223 g/mol. The summed E-state index contributed by atoms with van der Waals surface area (Å²) >= 11 is 0. The zero-order chi connectivity index (χ0) is 12.5. The van der Waals surface area contributed by atoms with E-state index in [0.717, 1.165) is 23.1 Å². The van der Waals surface area contributed by atoms with Crippen LogP contribution in [0.3, 0.4) is 0 Å². The van der Waals surface area contributed by atoms with E-state index in [9.17, 15) is 23.1 Å². The van der Waals surface area contributed by atoms with Gasteiger partial charge in [-0.25, -0.2) is 0 Å². The molecule has 3 nitrogen and oxygen atoms in total. The second kappa shape index (κ2) is 4.03. The number of carbonyl (C=O) groups excluding carboxylic acids is 1. The number of halogens is 3. The van der Waals surface area contributed by atoms with E-state index >= 15 is 0 Å². The van der Waals surface area contributed by atoms with Crippen LogP contribution in [0, 0.1) is 0 Å². The minimum Gasteiger partial charge on any atom is -0.507 e. The summed E-state index contributed by atoms with van der Waals surface area (Å²) in [7, 11) is 2.63. The van der Waals surface area contributed by atoms with Crippen molar-refractivity contribution in [2.45, 2.75) is 6.18 Å². The third-order valence-corrected chi connectivity index (χ3v) is 1.97. The minimum atomic E-state index is -4.67. The molecule has 0 bridgehead atoms.